The van der Waals surface area contributed by atoms with Crippen LogP contribution in [0.2, 0.25) is 0 Å². The van der Waals surface area contributed by atoms with Crippen LogP contribution in [0.5, 0.6) is 0 Å². The summed E-state index contributed by atoms with van der Waals surface area (Å²) in [5.41, 5.74) is 0. The molecule has 19 heavy (non-hydrogen) atoms. The van der Waals surface area contributed by atoms with Gasteiger partial charge in [-0.1, -0.05) is 0 Å². The second-order valence-corrected chi connectivity index (χ2v) is 4.93. The molecule has 1 aliphatic rings. The van der Waals surface area contributed by atoms with E-state index < -0.39 is 0 Å². The molecule has 1 aliphatic heterocycles. The first-order chi connectivity index (χ1) is 9.25. The molecule has 0 bridgehead atoms. The van der Waals surface area contributed by atoms with E-state index in [1.807, 2.05) is 24.2 Å². The van der Waals surface area contributed by atoms with E-state index in [-0.39, 0.29) is 5.91 Å². The Morgan fingerprint density at radius 3 is 2.84 bits per heavy atom. The van der Waals surface area contributed by atoms with Crippen LogP contribution >= 0.6 is 0 Å². The summed E-state index contributed by atoms with van der Waals surface area (Å²) < 4.78 is 1.79. The third kappa shape index (κ3) is 4.65. The Kier molecular flexibility index (Phi) is 5.35. The maximum Gasteiger partial charge on any atom is 0.224 e. The van der Waals surface area contributed by atoms with Crippen molar-refractivity contribution in [2.75, 3.05) is 46.3 Å². The minimum absolute atomic E-state index is 0.186. The lowest BCUT2D eigenvalue weighted by Gasteiger charge is -2.29. The molecule has 1 saturated heterocycles. The molecule has 6 nitrogen and oxygen atoms in total. The normalized spacial score (nSPS) is 16.5. The van der Waals surface area contributed by atoms with Crippen LogP contribution in [-0.4, -0.2) is 71.8 Å². The molecular weight excluding hydrogens is 242 g/mol. The number of aromatic nitrogens is 2. The standard InChI is InChI=1S/C13H23N5O/c1-16(11-12-17-9-5-14-6-10-17)13(19)3-8-18-7-2-4-15-18/h2,4,7,14H,3,5-6,8-12H2,1H3. The van der Waals surface area contributed by atoms with Crippen molar-refractivity contribution in [3.63, 3.8) is 0 Å². The fourth-order valence-corrected chi connectivity index (χ4v) is 2.18. The molecule has 2 rings (SSSR count). The van der Waals surface area contributed by atoms with E-state index in [4.69, 9.17) is 0 Å². The van der Waals surface area contributed by atoms with Gasteiger partial charge in [0.15, 0.2) is 0 Å². The van der Waals surface area contributed by atoms with Gasteiger partial charge in [-0.2, -0.15) is 5.10 Å². The molecule has 1 N–H and O–H groups in total. The third-order valence-corrected chi connectivity index (χ3v) is 3.50. The summed E-state index contributed by atoms with van der Waals surface area (Å²) >= 11 is 0. The molecular formula is C13H23N5O. The quantitative estimate of drug-likeness (QED) is 0.763. The average molecular weight is 265 g/mol. The molecule has 0 spiro atoms. The number of likely N-dealkylation sites (N-methyl/N-ethyl adjacent to an activating group) is 1. The summed E-state index contributed by atoms with van der Waals surface area (Å²) in [6.07, 6.45) is 4.13. The van der Waals surface area contributed by atoms with Crippen LogP contribution in [0.25, 0.3) is 0 Å². The highest BCUT2D eigenvalue weighted by atomic mass is 16.2. The summed E-state index contributed by atoms with van der Waals surface area (Å²) in [4.78, 5) is 16.2. The zero-order chi connectivity index (χ0) is 13.5. The third-order valence-electron chi connectivity index (χ3n) is 3.50. The lowest BCUT2D eigenvalue weighted by molar-refractivity contribution is -0.130. The maximum absolute atomic E-state index is 12.0. The lowest BCUT2D eigenvalue weighted by Crippen LogP contribution is -2.46. The Bertz CT molecular complexity index is 372. The predicted octanol–water partition coefficient (Wildman–Crippen LogP) is -0.363. The molecule has 0 aromatic carbocycles. The van der Waals surface area contributed by atoms with Crippen molar-refractivity contribution in [1.29, 1.82) is 0 Å². The maximum atomic E-state index is 12.0. The minimum Gasteiger partial charge on any atom is -0.344 e. The zero-order valence-corrected chi connectivity index (χ0v) is 11.6. The van der Waals surface area contributed by atoms with Crippen LogP contribution in [0.1, 0.15) is 6.42 Å². The van der Waals surface area contributed by atoms with Crippen LogP contribution in [0, 0.1) is 0 Å². The van der Waals surface area contributed by atoms with Crippen molar-refractivity contribution in [3.05, 3.63) is 18.5 Å². The van der Waals surface area contributed by atoms with Gasteiger partial charge >= 0.3 is 0 Å². The number of rotatable bonds is 6. The van der Waals surface area contributed by atoms with Gasteiger partial charge in [0.25, 0.3) is 0 Å². The topological polar surface area (TPSA) is 53.4 Å². The summed E-state index contributed by atoms with van der Waals surface area (Å²) in [6.45, 7) is 6.69. The van der Waals surface area contributed by atoms with Gasteiger partial charge in [-0.05, 0) is 6.07 Å². The van der Waals surface area contributed by atoms with Gasteiger partial charge in [0.1, 0.15) is 0 Å². The van der Waals surface area contributed by atoms with E-state index in [0.29, 0.717) is 13.0 Å². The summed E-state index contributed by atoms with van der Waals surface area (Å²) in [7, 11) is 1.88. The van der Waals surface area contributed by atoms with Crippen molar-refractivity contribution in [2.24, 2.45) is 0 Å². The Morgan fingerprint density at radius 1 is 1.37 bits per heavy atom. The molecule has 6 heteroatoms. The number of nitrogens with one attached hydrogen (secondary N) is 1. The highest BCUT2D eigenvalue weighted by Crippen LogP contribution is 1.97. The van der Waals surface area contributed by atoms with Gasteiger partial charge in [0.05, 0.1) is 0 Å². The molecule has 0 radical (unpaired) electrons. The van der Waals surface area contributed by atoms with Crippen LogP contribution in [0.15, 0.2) is 18.5 Å². The molecule has 0 aliphatic carbocycles. The van der Waals surface area contributed by atoms with Gasteiger partial charge in [-0.3, -0.25) is 14.4 Å². The SMILES string of the molecule is CN(CCN1CCNCC1)C(=O)CCn1cccn1. The monoisotopic (exact) mass is 265 g/mol. The Labute approximate surface area is 114 Å². The molecule has 1 aromatic heterocycles. The van der Waals surface area contributed by atoms with Gasteiger partial charge in [-0.15, -0.1) is 0 Å². The smallest absolute Gasteiger partial charge is 0.224 e. The van der Waals surface area contributed by atoms with E-state index in [0.717, 1.165) is 39.3 Å². The van der Waals surface area contributed by atoms with E-state index in [9.17, 15) is 4.79 Å². The second kappa shape index (κ2) is 7.25. The largest absolute Gasteiger partial charge is 0.344 e. The Hall–Kier alpha value is -1.40. The lowest BCUT2D eigenvalue weighted by atomic mass is 10.3. The molecule has 2 heterocycles. The highest BCUT2D eigenvalue weighted by molar-refractivity contribution is 5.75. The second-order valence-electron chi connectivity index (χ2n) is 4.93. The van der Waals surface area contributed by atoms with E-state index in [1.165, 1.54) is 0 Å². The van der Waals surface area contributed by atoms with Crippen molar-refractivity contribution < 1.29 is 4.79 Å². The molecule has 1 fully saturated rings. The first-order valence-corrected chi connectivity index (χ1v) is 6.90. The van der Waals surface area contributed by atoms with Crippen LogP contribution < -0.4 is 5.32 Å². The van der Waals surface area contributed by atoms with Crippen molar-refractivity contribution >= 4 is 5.91 Å². The van der Waals surface area contributed by atoms with E-state index in [1.54, 1.807) is 10.9 Å². The summed E-state index contributed by atoms with van der Waals surface area (Å²) in [5.74, 6) is 0.186. The molecule has 0 unspecified atom stereocenters. The molecule has 106 valence electrons. The number of amides is 1. The number of piperazine rings is 1. The Balaban J connectivity index is 1.64. The number of carbonyl (C=O) groups is 1. The molecule has 0 saturated carbocycles. The first-order valence-electron chi connectivity index (χ1n) is 6.90. The van der Waals surface area contributed by atoms with Crippen LogP contribution in [0.4, 0.5) is 0 Å². The predicted molar refractivity (Wildman–Crippen MR) is 73.8 cm³/mol. The van der Waals surface area contributed by atoms with Crippen molar-refractivity contribution in [1.82, 2.24) is 24.9 Å². The molecule has 0 atom stereocenters. The summed E-state index contributed by atoms with van der Waals surface area (Å²) in [5, 5.41) is 7.43. The number of nitrogens with zero attached hydrogens (tertiary/aromatic N) is 4. The Morgan fingerprint density at radius 2 is 2.16 bits per heavy atom. The highest BCUT2D eigenvalue weighted by Gasteiger charge is 2.13. The number of carbonyl (C=O) groups excluding carboxylic acids is 1. The van der Waals surface area contributed by atoms with Crippen molar-refractivity contribution in [2.45, 2.75) is 13.0 Å². The number of hydrogen-bond acceptors (Lipinski definition) is 4. The molecule has 1 aromatic rings. The van der Waals surface area contributed by atoms with Crippen molar-refractivity contribution in [3.8, 4) is 0 Å². The van der Waals surface area contributed by atoms with E-state index in [2.05, 4.69) is 15.3 Å². The van der Waals surface area contributed by atoms with Gasteiger partial charge in [0, 0.05) is 71.7 Å². The van der Waals surface area contributed by atoms with Crippen LogP contribution in [0.3, 0.4) is 0 Å². The van der Waals surface area contributed by atoms with Gasteiger partial charge in [0.2, 0.25) is 5.91 Å². The van der Waals surface area contributed by atoms with E-state index >= 15 is 0 Å². The number of aryl methyl sites for hydroxylation is 1. The fourth-order valence-electron chi connectivity index (χ4n) is 2.18. The number of hydrogen-bond donors (Lipinski definition) is 1. The zero-order valence-electron chi connectivity index (χ0n) is 11.6. The van der Waals surface area contributed by atoms with Crippen LogP contribution in [-0.2, 0) is 11.3 Å². The first kappa shape index (κ1) is 14.0. The van der Waals surface area contributed by atoms with Gasteiger partial charge < -0.3 is 10.2 Å². The fraction of sp³-hybridized carbons (Fsp3) is 0.692. The summed E-state index contributed by atoms with van der Waals surface area (Å²) in [6, 6.07) is 1.87. The molecule has 1 amide bonds. The average Bonchev–Trinajstić information content (AvgIpc) is 2.96. The minimum atomic E-state index is 0.186. The van der Waals surface area contributed by atoms with Gasteiger partial charge in [-0.25, -0.2) is 0 Å².